The van der Waals surface area contributed by atoms with Crippen molar-refractivity contribution in [3.8, 4) is 11.4 Å². The molecule has 2 amide bonds. The molecule has 8 nitrogen and oxygen atoms in total. The molecule has 0 spiro atoms. The summed E-state index contributed by atoms with van der Waals surface area (Å²) < 4.78 is 45.4. The van der Waals surface area contributed by atoms with E-state index in [0.717, 1.165) is 0 Å². The van der Waals surface area contributed by atoms with Crippen molar-refractivity contribution in [2.24, 2.45) is 5.41 Å². The van der Waals surface area contributed by atoms with Crippen LogP contribution < -0.4 is 10.6 Å². The number of benzene rings is 1. The molecule has 12 heteroatoms. The zero-order valence-electron chi connectivity index (χ0n) is 17.9. The second kappa shape index (κ2) is 8.42. The number of alkyl halides is 3. The van der Waals surface area contributed by atoms with E-state index in [1.165, 1.54) is 24.6 Å². The molecule has 35 heavy (non-hydrogen) atoms. The van der Waals surface area contributed by atoms with Crippen LogP contribution in [0.3, 0.4) is 0 Å². The second-order valence-electron chi connectivity index (χ2n) is 8.19. The van der Waals surface area contributed by atoms with Crippen LogP contribution in [0.1, 0.15) is 29.8 Å². The Morgan fingerprint density at radius 3 is 2.57 bits per heavy atom. The molecule has 5 rings (SSSR count). The number of pyridine rings is 1. The van der Waals surface area contributed by atoms with Crippen LogP contribution in [0.4, 0.5) is 24.5 Å². The van der Waals surface area contributed by atoms with Gasteiger partial charge in [-0.25, -0.2) is 9.97 Å². The fourth-order valence-corrected chi connectivity index (χ4v) is 4.11. The number of amides is 2. The van der Waals surface area contributed by atoms with Gasteiger partial charge in [0.15, 0.2) is 11.4 Å². The van der Waals surface area contributed by atoms with Crippen LogP contribution in [0.25, 0.3) is 22.6 Å². The van der Waals surface area contributed by atoms with Crippen molar-refractivity contribution in [1.29, 1.82) is 0 Å². The monoisotopic (exact) mass is 503 g/mol. The van der Waals surface area contributed by atoms with Gasteiger partial charge in [-0.05, 0) is 49.2 Å². The molecule has 0 saturated heterocycles. The minimum atomic E-state index is -4.62. The van der Waals surface area contributed by atoms with Crippen molar-refractivity contribution in [3.63, 3.8) is 0 Å². The SMILES string of the molecule is O=C(Nc1ccc(Cl)c(-c2nc3ncc(NC(=O)C4(C(F)(F)F)CCC4)cc3[nH]2)c1)c1ccco1. The largest absolute Gasteiger partial charge is 0.459 e. The van der Waals surface area contributed by atoms with Gasteiger partial charge >= 0.3 is 6.18 Å². The van der Waals surface area contributed by atoms with Crippen molar-refractivity contribution < 1.29 is 27.2 Å². The summed E-state index contributed by atoms with van der Waals surface area (Å²) in [7, 11) is 0. The summed E-state index contributed by atoms with van der Waals surface area (Å²) in [5.41, 5.74) is -0.710. The highest BCUT2D eigenvalue weighted by molar-refractivity contribution is 6.33. The number of imidazole rings is 1. The van der Waals surface area contributed by atoms with E-state index in [4.69, 9.17) is 16.0 Å². The first kappa shape index (κ1) is 22.9. The summed E-state index contributed by atoms with van der Waals surface area (Å²) in [6, 6.07) is 9.36. The first-order valence-corrected chi connectivity index (χ1v) is 10.9. The molecule has 3 aromatic heterocycles. The third kappa shape index (κ3) is 4.12. The predicted octanol–water partition coefficient (Wildman–Crippen LogP) is 5.79. The molecule has 180 valence electrons. The highest BCUT2D eigenvalue weighted by Crippen LogP contribution is 2.53. The van der Waals surface area contributed by atoms with Gasteiger partial charge in [0.25, 0.3) is 5.91 Å². The van der Waals surface area contributed by atoms with Gasteiger partial charge in [0.2, 0.25) is 5.91 Å². The topological polar surface area (TPSA) is 113 Å². The Bertz CT molecular complexity index is 1430. The molecule has 1 fully saturated rings. The summed E-state index contributed by atoms with van der Waals surface area (Å²) in [6.07, 6.45) is -2.13. The predicted molar refractivity (Wildman–Crippen MR) is 122 cm³/mol. The number of aromatic amines is 1. The van der Waals surface area contributed by atoms with Crippen LogP contribution in [0, 0.1) is 5.41 Å². The van der Waals surface area contributed by atoms with E-state index >= 15 is 0 Å². The zero-order valence-corrected chi connectivity index (χ0v) is 18.6. The Hall–Kier alpha value is -3.86. The molecular weight excluding hydrogens is 487 g/mol. The van der Waals surface area contributed by atoms with Crippen LogP contribution in [-0.2, 0) is 4.79 Å². The third-order valence-electron chi connectivity index (χ3n) is 6.00. The minimum Gasteiger partial charge on any atom is -0.459 e. The lowest BCUT2D eigenvalue weighted by atomic mass is 9.67. The molecule has 0 unspecified atom stereocenters. The summed E-state index contributed by atoms with van der Waals surface area (Å²) in [6.45, 7) is 0. The number of carbonyl (C=O) groups is 2. The second-order valence-corrected chi connectivity index (χ2v) is 8.60. The normalized spacial score (nSPS) is 15.0. The number of hydrogen-bond acceptors (Lipinski definition) is 5. The van der Waals surface area contributed by atoms with Crippen LogP contribution in [-0.4, -0.2) is 32.9 Å². The summed E-state index contributed by atoms with van der Waals surface area (Å²) in [5.74, 6) is -1.09. The van der Waals surface area contributed by atoms with Crippen LogP contribution >= 0.6 is 11.6 Å². The smallest absolute Gasteiger partial charge is 0.403 e. The molecule has 1 saturated carbocycles. The van der Waals surface area contributed by atoms with Crippen molar-refractivity contribution >= 4 is 46.0 Å². The van der Waals surface area contributed by atoms with Crippen molar-refractivity contribution in [1.82, 2.24) is 15.0 Å². The average molecular weight is 504 g/mol. The average Bonchev–Trinajstić information content (AvgIpc) is 3.42. The maximum atomic E-state index is 13.4. The van der Waals surface area contributed by atoms with Gasteiger partial charge in [-0.15, -0.1) is 0 Å². The summed E-state index contributed by atoms with van der Waals surface area (Å²) >= 11 is 6.33. The van der Waals surface area contributed by atoms with E-state index < -0.39 is 23.4 Å². The quantitative estimate of drug-likeness (QED) is 0.319. The molecule has 3 heterocycles. The van der Waals surface area contributed by atoms with Gasteiger partial charge in [0.05, 0.1) is 28.7 Å². The Balaban J connectivity index is 1.39. The number of anilines is 2. The van der Waals surface area contributed by atoms with Crippen molar-refractivity contribution in [2.45, 2.75) is 25.4 Å². The van der Waals surface area contributed by atoms with Crippen LogP contribution in [0.2, 0.25) is 5.02 Å². The Morgan fingerprint density at radius 1 is 1.11 bits per heavy atom. The Labute approximate surface area is 200 Å². The van der Waals surface area contributed by atoms with Gasteiger partial charge in [-0.1, -0.05) is 18.0 Å². The molecule has 0 atom stereocenters. The first-order valence-electron chi connectivity index (χ1n) is 10.5. The molecule has 1 aromatic carbocycles. The van der Waals surface area contributed by atoms with E-state index in [2.05, 4.69) is 25.6 Å². The van der Waals surface area contributed by atoms with Gasteiger partial charge in [0, 0.05) is 11.3 Å². The number of carbonyl (C=O) groups excluding carboxylic acids is 2. The molecule has 3 N–H and O–H groups in total. The van der Waals surface area contributed by atoms with Crippen LogP contribution in [0.5, 0.6) is 0 Å². The molecule has 0 bridgehead atoms. The third-order valence-corrected chi connectivity index (χ3v) is 6.33. The Kier molecular flexibility index (Phi) is 5.51. The van der Waals surface area contributed by atoms with Gasteiger partial charge < -0.3 is 20.0 Å². The standard InChI is InChI=1S/C23H17ClF3N5O3/c24-15-5-4-12(29-20(33)17-3-1-8-35-17)9-14(15)18-31-16-10-13(11-28-19(16)32-18)30-21(34)22(6-2-7-22)23(25,26)27/h1,3-5,8-11H,2,6-7H2,(H,29,33)(H,30,34)(H,28,31,32). The molecule has 4 aromatic rings. The van der Waals surface area contributed by atoms with Crippen molar-refractivity contribution in [3.05, 3.63) is 59.6 Å². The number of fused-ring (bicyclic) bond motifs is 1. The minimum absolute atomic E-state index is 0.110. The molecule has 0 aliphatic heterocycles. The maximum Gasteiger partial charge on any atom is 0.403 e. The highest BCUT2D eigenvalue weighted by atomic mass is 35.5. The molecular formula is C23H17ClF3N5O3. The van der Waals surface area contributed by atoms with Gasteiger partial charge in [0.1, 0.15) is 11.2 Å². The number of furan rings is 1. The number of halogens is 4. The first-order chi connectivity index (χ1) is 16.7. The van der Waals surface area contributed by atoms with E-state index in [1.807, 2.05) is 0 Å². The molecule has 1 aliphatic rings. The zero-order chi connectivity index (χ0) is 24.8. The van der Waals surface area contributed by atoms with Gasteiger partial charge in [-0.3, -0.25) is 9.59 Å². The summed E-state index contributed by atoms with van der Waals surface area (Å²) in [5, 5.41) is 5.37. The number of nitrogens with zero attached hydrogens (tertiary/aromatic N) is 2. The lowest BCUT2D eigenvalue weighted by Gasteiger charge is -2.41. The number of hydrogen-bond donors (Lipinski definition) is 3. The van der Waals surface area contributed by atoms with E-state index in [-0.39, 0.29) is 29.9 Å². The van der Waals surface area contributed by atoms with E-state index in [1.54, 1.807) is 24.3 Å². The maximum absolute atomic E-state index is 13.4. The Morgan fingerprint density at radius 2 is 1.91 bits per heavy atom. The summed E-state index contributed by atoms with van der Waals surface area (Å²) in [4.78, 5) is 36.2. The highest BCUT2D eigenvalue weighted by Gasteiger charge is 2.63. The van der Waals surface area contributed by atoms with E-state index in [9.17, 15) is 22.8 Å². The molecule has 0 radical (unpaired) electrons. The fourth-order valence-electron chi connectivity index (χ4n) is 3.90. The number of rotatable bonds is 5. The van der Waals surface area contributed by atoms with Crippen LogP contribution in [0.15, 0.2) is 53.3 Å². The lowest BCUT2D eigenvalue weighted by Crippen LogP contribution is -2.52. The number of nitrogens with one attached hydrogen (secondary N) is 3. The lowest BCUT2D eigenvalue weighted by molar-refractivity contribution is -0.240. The number of H-pyrrole nitrogens is 1. The van der Waals surface area contributed by atoms with E-state index in [0.29, 0.717) is 34.0 Å². The number of aromatic nitrogens is 3. The molecule has 1 aliphatic carbocycles. The van der Waals surface area contributed by atoms with Crippen molar-refractivity contribution in [2.75, 3.05) is 10.6 Å². The van der Waals surface area contributed by atoms with Gasteiger partial charge in [-0.2, -0.15) is 13.2 Å². The fraction of sp³-hybridized carbons (Fsp3) is 0.217.